The van der Waals surface area contributed by atoms with Crippen molar-refractivity contribution in [2.24, 2.45) is 0 Å². The highest BCUT2D eigenvalue weighted by Crippen LogP contribution is 2.25. The summed E-state index contributed by atoms with van der Waals surface area (Å²) in [6, 6.07) is 4.35. The third-order valence-corrected chi connectivity index (χ3v) is 3.68. The van der Waals surface area contributed by atoms with Crippen LogP contribution in [0.1, 0.15) is 24.2 Å². The zero-order valence-electron chi connectivity index (χ0n) is 11.6. The summed E-state index contributed by atoms with van der Waals surface area (Å²) in [5, 5.41) is 13.6. The Hall–Kier alpha value is -1.47. The first-order valence-corrected chi connectivity index (χ1v) is 7.23. The number of nitrogens with one attached hydrogen (secondary N) is 1. The summed E-state index contributed by atoms with van der Waals surface area (Å²) < 4.78 is 0.363. The van der Waals surface area contributed by atoms with Gasteiger partial charge in [0.2, 0.25) is 0 Å². The molecular formula is C13H18BrN3O3. The van der Waals surface area contributed by atoms with Gasteiger partial charge in [-0.15, -0.1) is 0 Å². The molecule has 0 saturated heterocycles. The van der Waals surface area contributed by atoms with Gasteiger partial charge in [0.1, 0.15) is 0 Å². The minimum Gasteiger partial charge on any atom is -0.351 e. The molecule has 0 radical (unpaired) electrons. The Labute approximate surface area is 126 Å². The summed E-state index contributed by atoms with van der Waals surface area (Å²) in [4.78, 5) is 24.4. The quantitative estimate of drug-likeness (QED) is 0.609. The third kappa shape index (κ3) is 4.57. The Morgan fingerprint density at radius 1 is 1.40 bits per heavy atom. The van der Waals surface area contributed by atoms with Crippen molar-refractivity contribution in [3.05, 3.63) is 38.3 Å². The van der Waals surface area contributed by atoms with E-state index in [1.165, 1.54) is 12.1 Å². The van der Waals surface area contributed by atoms with Crippen LogP contribution in [-0.2, 0) is 0 Å². The number of carbonyl (C=O) groups excluding carboxylic acids is 1. The summed E-state index contributed by atoms with van der Waals surface area (Å²) in [7, 11) is 0. The van der Waals surface area contributed by atoms with Gasteiger partial charge >= 0.3 is 0 Å². The Balaban J connectivity index is 2.64. The number of halogens is 1. The average molecular weight is 344 g/mol. The normalized spacial score (nSPS) is 10.6. The topological polar surface area (TPSA) is 75.5 Å². The van der Waals surface area contributed by atoms with Gasteiger partial charge in [-0.25, -0.2) is 0 Å². The van der Waals surface area contributed by atoms with Crippen LogP contribution in [0, 0.1) is 10.1 Å². The standard InChI is InChI=1S/C13H18BrN3O3/c1-3-16(4-2)8-7-15-13(18)10-5-6-11(14)12(9-10)17(19)20/h5-6,9H,3-4,7-8H2,1-2H3,(H,15,18). The second-order valence-corrected chi connectivity index (χ2v) is 5.06. The molecule has 6 nitrogen and oxygen atoms in total. The lowest BCUT2D eigenvalue weighted by atomic mass is 10.2. The van der Waals surface area contributed by atoms with Gasteiger partial charge in [0, 0.05) is 24.7 Å². The van der Waals surface area contributed by atoms with Crippen LogP contribution in [0.4, 0.5) is 5.69 Å². The third-order valence-electron chi connectivity index (χ3n) is 3.01. The van der Waals surface area contributed by atoms with Crippen molar-refractivity contribution >= 4 is 27.5 Å². The van der Waals surface area contributed by atoms with Gasteiger partial charge in [0.25, 0.3) is 11.6 Å². The molecule has 0 aliphatic heterocycles. The lowest BCUT2D eigenvalue weighted by Gasteiger charge is -2.17. The van der Waals surface area contributed by atoms with Gasteiger partial charge in [-0.1, -0.05) is 13.8 Å². The Morgan fingerprint density at radius 3 is 2.60 bits per heavy atom. The van der Waals surface area contributed by atoms with Crippen LogP contribution < -0.4 is 5.32 Å². The molecule has 1 aromatic rings. The van der Waals surface area contributed by atoms with Crippen LogP contribution in [0.2, 0.25) is 0 Å². The number of hydrogen-bond donors (Lipinski definition) is 1. The lowest BCUT2D eigenvalue weighted by molar-refractivity contribution is -0.385. The zero-order valence-corrected chi connectivity index (χ0v) is 13.1. The fourth-order valence-corrected chi connectivity index (χ4v) is 2.15. The van der Waals surface area contributed by atoms with E-state index in [1.54, 1.807) is 6.07 Å². The SMILES string of the molecule is CCN(CC)CCNC(=O)c1ccc(Br)c([N+](=O)[O-])c1. The highest BCUT2D eigenvalue weighted by atomic mass is 79.9. The molecule has 0 bridgehead atoms. The summed E-state index contributed by atoms with van der Waals surface area (Å²) in [5.74, 6) is -0.298. The molecule has 0 aromatic heterocycles. The molecule has 0 fully saturated rings. The van der Waals surface area contributed by atoms with Crippen molar-refractivity contribution in [2.75, 3.05) is 26.2 Å². The van der Waals surface area contributed by atoms with E-state index in [-0.39, 0.29) is 11.6 Å². The Morgan fingerprint density at radius 2 is 2.05 bits per heavy atom. The number of nitrogens with zero attached hydrogens (tertiary/aromatic N) is 2. The van der Waals surface area contributed by atoms with Gasteiger partial charge in [-0.3, -0.25) is 14.9 Å². The Kier molecular flexibility index (Phi) is 6.60. The molecule has 0 saturated carbocycles. The minimum absolute atomic E-state index is 0.110. The summed E-state index contributed by atoms with van der Waals surface area (Å²) in [5.41, 5.74) is 0.181. The second-order valence-electron chi connectivity index (χ2n) is 4.21. The van der Waals surface area contributed by atoms with Crippen molar-refractivity contribution in [3.8, 4) is 0 Å². The van der Waals surface area contributed by atoms with Crippen molar-refractivity contribution in [1.82, 2.24) is 10.2 Å². The van der Waals surface area contributed by atoms with Crippen LogP contribution in [0.3, 0.4) is 0 Å². The van der Waals surface area contributed by atoms with Gasteiger partial charge in [-0.05, 0) is 41.2 Å². The molecule has 0 spiro atoms. The molecule has 1 amide bonds. The van der Waals surface area contributed by atoms with Crippen molar-refractivity contribution in [1.29, 1.82) is 0 Å². The van der Waals surface area contributed by atoms with Crippen LogP contribution in [0.15, 0.2) is 22.7 Å². The highest BCUT2D eigenvalue weighted by Gasteiger charge is 2.15. The minimum atomic E-state index is -0.517. The molecular weight excluding hydrogens is 326 g/mol. The van der Waals surface area contributed by atoms with E-state index in [4.69, 9.17) is 0 Å². The van der Waals surface area contributed by atoms with E-state index in [0.717, 1.165) is 19.6 Å². The van der Waals surface area contributed by atoms with E-state index in [2.05, 4.69) is 40.0 Å². The van der Waals surface area contributed by atoms with Crippen LogP contribution in [0.25, 0.3) is 0 Å². The molecule has 1 rings (SSSR count). The maximum atomic E-state index is 11.9. The van der Waals surface area contributed by atoms with Crippen LogP contribution >= 0.6 is 15.9 Å². The van der Waals surface area contributed by atoms with Crippen LogP contribution in [-0.4, -0.2) is 41.9 Å². The van der Waals surface area contributed by atoms with Crippen molar-refractivity contribution in [2.45, 2.75) is 13.8 Å². The van der Waals surface area contributed by atoms with Gasteiger partial charge in [0.15, 0.2) is 0 Å². The monoisotopic (exact) mass is 343 g/mol. The average Bonchev–Trinajstić information content (AvgIpc) is 2.43. The number of amides is 1. The Bertz CT molecular complexity index is 490. The largest absolute Gasteiger partial charge is 0.351 e. The molecule has 0 heterocycles. The van der Waals surface area contributed by atoms with Crippen molar-refractivity contribution in [3.63, 3.8) is 0 Å². The second kappa shape index (κ2) is 7.96. The first-order valence-electron chi connectivity index (χ1n) is 6.44. The zero-order chi connectivity index (χ0) is 15.1. The number of nitro groups is 1. The predicted molar refractivity (Wildman–Crippen MR) is 80.9 cm³/mol. The number of carbonyl (C=O) groups is 1. The molecule has 110 valence electrons. The van der Waals surface area contributed by atoms with Gasteiger partial charge in [0.05, 0.1) is 9.40 Å². The van der Waals surface area contributed by atoms with Gasteiger partial charge in [-0.2, -0.15) is 0 Å². The maximum absolute atomic E-state index is 11.9. The maximum Gasteiger partial charge on any atom is 0.284 e. The molecule has 0 aliphatic carbocycles. The number of rotatable bonds is 7. The number of likely N-dealkylation sites (N-methyl/N-ethyl adjacent to an activating group) is 1. The molecule has 0 aliphatic rings. The molecule has 1 aromatic carbocycles. The first-order chi connectivity index (χ1) is 9.49. The number of nitro benzene ring substituents is 1. The summed E-state index contributed by atoms with van der Waals surface area (Å²) in [6.07, 6.45) is 0. The fourth-order valence-electron chi connectivity index (χ4n) is 1.76. The fraction of sp³-hybridized carbons (Fsp3) is 0.462. The molecule has 20 heavy (non-hydrogen) atoms. The van der Waals surface area contributed by atoms with E-state index in [0.29, 0.717) is 16.6 Å². The highest BCUT2D eigenvalue weighted by molar-refractivity contribution is 9.10. The number of benzene rings is 1. The van der Waals surface area contributed by atoms with E-state index >= 15 is 0 Å². The molecule has 7 heteroatoms. The lowest BCUT2D eigenvalue weighted by Crippen LogP contribution is -2.34. The smallest absolute Gasteiger partial charge is 0.284 e. The van der Waals surface area contributed by atoms with Crippen molar-refractivity contribution < 1.29 is 9.72 Å². The van der Waals surface area contributed by atoms with E-state index in [9.17, 15) is 14.9 Å². The molecule has 1 N–H and O–H groups in total. The molecule has 0 atom stereocenters. The van der Waals surface area contributed by atoms with Crippen LogP contribution in [0.5, 0.6) is 0 Å². The summed E-state index contributed by atoms with van der Waals surface area (Å²) in [6.45, 7) is 7.25. The molecule has 0 unspecified atom stereocenters. The summed E-state index contributed by atoms with van der Waals surface area (Å²) >= 11 is 3.09. The van der Waals surface area contributed by atoms with E-state index in [1.807, 2.05) is 0 Å². The number of hydrogen-bond acceptors (Lipinski definition) is 4. The van der Waals surface area contributed by atoms with E-state index < -0.39 is 4.92 Å². The van der Waals surface area contributed by atoms with Gasteiger partial charge < -0.3 is 10.2 Å². The predicted octanol–water partition coefficient (Wildman–Crippen LogP) is 2.43. The first kappa shape index (κ1) is 16.6.